The van der Waals surface area contributed by atoms with Crippen molar-refractivity contribution in [2.45, 2.75) is 19.8 Å². The van der Waals surface area contributed by atoms with Crippen LogP contribution >= 0.6 is 27.3 Å². The van der Waals surface area contributed by atoms with Crippen LogP contribution in [0.5, 0.6) is 0 Å². The number of hydrogen-bond acceptors (Lipinski definition) is 5. The maximum absolute atomic E-state index is 11.7. The van der Waals surface area contributed by atoms with Crippen molar-refractivity contribution in [3.8, 4) is 0 Å². The van der Waals surface area contributed by atoms with Gasteiger partial charge < -0.3 is 5.32 Å². The maximum atomic E-state index is 11.7. The normalized spacial score (nSPS) is 10.7. The van der Waals surface area contributed by atoms with E-state index in [9.17, 15) is 4.79 Å². The highest BCUT2D eigenvalue weighted by Gasteiger charge is 2.06. The summed E-state index contributed by atoms with van der Waals surface area (Å²) in [6, 6.07) is 0. The third-order valence-electron chi connectivity index (χ3n) is 2.68. The number of halogens is 1. The van der Waals surface area contributed by atoms with Gasteiger partial charge in [0.1, 0.15) is 4.47 Å². The Balaban J connectivity index is 1.96. The van der Waals surface area contributed by atoms with E-state index in [0.29, 0.717) is 4.47 Å². The van der Waals surface area contributed by atoms with E-state index in [4.69, 9.17) is 0 Å². The van der Waals surface area contributed by atoms with Gasteiger partial charge in [-0.2, -0.15) is 5.10 Å². The molecule has 0 spiro atoms. The minimum Gasteiger partial charge on any atom is -0.382 e. The second kappa shape index (κ2) is 6.29. The lowest BCUT2D eigenvalue weighted by atomic mass is 10.4. The third-order valence-corrected chi connectivity index (χ3v) is 4.65. The van der Waals surface area contributed by atoms with E-state index in [1.807, 2.05) is 6.20 Å². The van der Waals surface area contributed by atoms with Crippen molar-refractivity contribution in [1.82, 2.24) is 14.8 Å². The van der Waals surface area contributed by atoms with Crippen LogP contribution in [0.4, 0.5) is 5.69 Å². The van der Waals surface area contributed by atoms with Crippen LogP contribution in [0.3, 0.4) is 0 Å². The second-order valence-corrected chi connectivity index (χ2v) is 6.04. The van der Waals surface area contributed by atoms with Gasteiger partial charge in [-0.1, -0.05) is 6.92 Å². The van der Waals surface area contributed by atoms with Crippen molar-refractivity contribution in [3.05, 3.63) is 37.1 Å². The number of aryl methyl sites for hydroxylation is 2. The molecule has 0 amide bonds. The predicted octanol–water partition coefficient (Wildman–Crippen LogP) is 2.22. The Labute approximate surface area is 123 Å². The van der Waals surface area contributed by atoms with Crippen molar-refractivity contribution in [3.63, 3.8) is 0 Å². The molecule has 0 aliphatic rings. The zero-order valence-corrected chi connectivity index (χ0v) is 13.2. The number of anilines is 1. The van der Waals surface area contributed by atoms with Gasteiger partial charge in [0, 0.05) is 31.1 Å². The number of rotatable bonds is 5. The van der Waals surface area contributed by atoms with Gasteiger partial charge in [-0.3, -0.25) is 4.79 Å². The molecule has 102 valence electrons. The first-order valence-corrected chi connectivity index (χ1v) is 7.62. The Hall–Kier alpha value is -1.21. The lowest BCUT2D eigenvalue weighted by molar-refractivity contribution is 0.703. The van der Waals surface area contributed by atoms with E-state index in [1.165, 1.54) is 9.56 Å². The fourth-order valence-electron chi connectivity index (χ4n) is 1.57. The Bertz CT molecular complexity index is 622. The molecule has 2 aromatic heterocycles. The Morgan fingerprint density at radius 2 is 2.26 bits per heavy atom. The first-order chi connectivity index (χ1) is 9.11. The zero-order valence-electron chi connectivity index (χ0n) is 10.8. The van der Waals surface area contributed by atoms with Crippen LogP contribution in [0.25, 0.3) is 0 Å². The fourth-order valence-corrected chi connectivity index (χ4v) is 2.93. The first-order valence-electron chi connectivity index (χ1n) is 6.01. The van der Waals surface area contributed by atoms with Gasteiger partial charge in [0.25, 0.3) is 5.56 Å². The molecule has 0 aromatic carbocycles. The zero-order chi connectivity index (χ0) is 13.8. The van der Waals surface area contributed by atoms with E-state index in [2.05, 4.69) is 38.3 Å². The molecular weight excluding hydrogens is 328 g/mol. The van der Waals surface area contributed by atoms with Crippen molar-refractivity contribution in [1.29, 1.82) is 0 Å². The molecule has 2 rings (SSSR count). The van der Waals surface area contributed by atoms with Crippen molar-refractivity contribution >= 4 is 33.0 Å². The molecule has 0 unspecified atom stereocenters. The van der Waals surface area contributed by atoms with Gasteiger partial charge >= 0.3 is 0 Å². The topological polar surface area (TPSA) is 59.8 Å². The second-order valence-electron chi connectivity index (χ2n) is 4.05. The standard InChI is InChI=1S/C12H15BrN4OS/c1-3-8-6-15-10(19-8)4-5-14-9-7-16-17(2)12(18)11(9)13/h6-7,14H,3-5H2,1-2H3. The van der Waals surface area contributed by atoms with E-state index in [0.717, 1.165) is 30.1 Å². The number of nitrogens with one attached hydrogen (secondary N) is 1. The molecule has 0 saturated carbocycles. The smallest absolute Gasteiger partial charge is 0.282 e. The fraction of sp³-hybridized carbons (Fsp3) is 0.417. The molecule has 2 aromatic rings. The summed E-state index contributed by atoms with van der Waals surface area (Å²) in [6.07, 6.45) is 5.43. The monoisotopic (exact) mass is 342 g/mol. The summed E-state index contributed by atoms with van der Waals surface area (Å²) in [4.78, 5) is 17.3. The van der Waals surface area contributed by atoms with Crippen molar-refractivity contribution in [2.75, 3.05) is 11.9 Å². The van der Waals surface area contributed by atoms with Gasteiger partial charge in [0.2, 0.25) is 0 Å². The molecule has 1 N–H and O–H groups in total. The Morgan fingerprint density at radius 3 is 2.95 bits per heavy atom. The summed E-state index contributed by atoms with van der Waals surface area (Å²) in [5, 5.41) is 8.29. The molecule has 5 nitrogen and oxygen atoms in total. The number of thiazole rings is 1. The molecule has 0 bridgehead atoms. The summed E-state index contributed by atoms with van der Waals surface area (Å²) in [7, 11) is 1.62. The van der Waals surface area contributed by atoms with E-state index >= 15 is 0 Å². The molecule has 7 heteroatoms. The Morgan fingerprint density at radius 1 is 1.47 bits per heavy atom. The lowest BCUT2D eigenvalue weighted by Crippen LogP contribution is -2.21. The average molecular weight is 343 g/mol. The van der Waals surface area contributed by atoms with Crippen LogP contribution in [0.1, 0.15) is 16.8 Å². The minimum absolute atomic E-state index is 0.146. The van der Waals surface area contributed by atoms with E-state index in [1.54, 1.807) is 24.6 Å². The largest absolute Gasteiger partial charge is 0.382 e. The summed E-state index contributed by atoms with van der Waals surface area (Å²) in [6.45, 7) is 2.85. The summed E-state index contributed by atoms with van der Waals surface area (Å²) < 4.78 is 1.81. The van der Waals surface area contributed by atoms with Crippen LogP contribution in [0.15, 0.2) is 21.7 Å². The predicted molar refractivity (Wildman–Crippen MR) is 80.9 cm³/mol. The highest BCUT2D eigenvalue weighted by atomic mass is 79.9. The van der Waals surface area contributed by atoms with Crippen LogP contribution < -0.4 is 10.9 Å². The van der Waals surface area contributed by atoms with Gasteiger partial charge in [-0.05, 0) is 22.4 Å². The van der Waals surface area contributed by atoms with Crippen LogP contribution in [0.2, 0.25) is 0 Å². The Kier molecular flexibility index (Phi) is 4.71. The molecule has 0 aliphatic carbocycles. The van der Waals surface area contributed by atoms with Crippen molar-refractivity contribution < 1.29 is 0 Å². The molecule has 0 fully saturated rings. The molecular formula is C12H15BrN4OS. The van der Waals surface area contributed by atoms with Gasteiger partial charge in [-0.25, -0.2) is 9.67 Å². The van der Waals surface area contributed by atoms with Crippen LogP contribution in [0, 0.1) is 0 Å². The van der Waals surface area contributed by atoms with E-state index < -0.39 is 0 Å². The molecule has 0 saturated heterocycles. The average Bonchev–Trinajstić information content (AvgIpc) is 2.87. The highest BCUT2D eigenvalue weighted by molar-refractivity contribution is 9.10. The maximum Gasteiger partial charge on any atom is 0.282 e. The molecule has 0 aliphatic heterocycles. The summed E-state index contributed by atoms with van der Waals surface area (Å²) in [5.74, 6) is 0. The SMILES string of the molecule is CCc1cnc(CCNc2cnn(C)c(=O)c2Br)s1. The molecule has 2 heterocycles. The number of nitrogens with zero attached hydrogens (tertiary/aromatic N) is 3. The lowest BCUT2D eigenvalue weighted by Gasteiger charge is -2.07. The molecule has 0 atom stereocenters. The highest BCUT2D eigenvalue weighted by Crippen LogP contribution is 2.17. The quantitative estimate of drug-likeness (QED) is 0.904. The van der Waals surface area contributed by atoms with E-state index in [-0.39, 0.29) is 5.56 Å². The summed E-state index contributed by atoms with van der Waals surface area (Å²) >= 11 is 5.02. The third kappa shape index (κ3) is 3.42. The number of aromatic nitrogens is 3. The summed E-state index contributed by atoms with van der Waals surface area (Å²) in [5.41, 5.74) is 0.572. The van der Waals surface area contributed by atoms with Crippen molar-refractivity contribution in [2.24, 2.45) is 7.05 Å². The minimum atomic E-state index is -0.146. The van der Waals surface area contributed by atoms with Crippen LogP contribution in [-0.4, -0.2) is 21.3 Å². The van der Waals surface area contributed by atoms with Gasteiger partial charge in [0.05, 0.1) is 16.9 Å². The number of hydrogen-bond donors (Lipinski definition) is 1. The van der Waals surface area contributed by atoms with Gasteiger partial charge in [-0.15, -0.1) is 11.3 Å². The molecule has 19 heavy (non-hydrogen) atoms. The van der Waals surface area contributed by atoms with Gasteiger partial charge in [0.15, 0.2) is 0 Å². The van der Waals surface area contributed by atoms with Crippen LogP contribution in [-0.2, 0) is 19.9 Å². The molecule has 0 radical (unpaired) electrons. The first kappa shape index (κ1) is 14.2.